The van der Waals surface area contributed by atoms with E-state index in [0.717, 1.165) is 13.0 Å². The summed E-state index contributed by atoms with van der Waals surface area (Å²) in [6.45, 7) is 10.4. The van der Waals surface area contributed by atoms with E-state index >= 15 is 0 Å². The molecule has 2 N–H and O–H groups in total. The number of unbranched alkanes of at least 4 members (excludes halogenated alkanes) is 22. The molecule has 34 heavy (non-hydrogen) atoms. The zero-order valence-electron chi connectivity index (χ0n) is 24.4. The van der Waals surface area contributed by atoms with Crippen molar-refractivity contribution in [2.24, 2.45) is 5.73 Å². The summed E-state index contributed by atoms with van der Waals surface area (Å²) in [7, 11) is 0. The van der Waals surface area contributed by atoms with Crippen LogP contribution in [0.5, 0.6) is 0 Å². The molecule has 0 spiro atoms. The van der Waals surface area contributed by atoms with Gasteiger partial charge in [0.05, 0.1) is 0 Å². The number of rotatable bonds is 29. The van der Waals surface area contributed by atoms with Crippen LogP contribution in [-0.2, 0) is 0 Å². The predicted molar refractivity (Wildman–Crippen MR) is 157 cm³/mol. The van der Waals surface area contributed by atoms with Crippen molar-refractivity contribution < 1.29 is 0 Å². The van der Waals surface area contributed by atoms with Crippen molar-refractivity contribution in [3.8, 4) is 0 Å². The fourth-order valence-electron chi connectivity index (χ4n) is 5.29. The third kappa shape index (κ3) is 25.0. The van der Waals surface area contributed by atoms with Gasteiger partial charge in [-0.1, -0.05) is 155 Å². The third-order valence-corrected chi connectivity index (χ3v) is 7.81. The molecule has 0 aromatic carbocycles. The molecular weight excluding hydrogens is 412 g/mol. The maximum atomic E-state index is 5.88. The van der Waals surface area contributed by atoms with Crippen LogP contribution < -0.4 is 5.73 Å². The van der Waals surface area contributed by atoms with Crippen LogP contribution >= 0.6 is 0 Å². The second-order valence-corrected chi connectivity index (χ2v) is 11.2. The van der Waals surface area contributed by atoms with Gasteiger partial charge in [-0.2, -0.15) is 0 Å². The minimum Gasteiger partial charge on any atom is -0.330 e. The van der Waals surface area contributed by atoms with Crippen molar-refractivity contribution in [1.29, 1.82) is 0 Å². The first kappa shape index (κ1) is 33.9. The molecule has 0 rings (SSSR count). The molecular formula is C32H68N2. The van der Waals surface area contributed by atoms with E-state index in [9.17, 15) is 0 Å². The van der Waals surface area contributed by atoms with E-state index in [2.05, 4.69) is 25.7 Å². The Kier molecular flexibility index (Phi) is 29.1. The summed E-state index contributed by atoms with van der Waals surface area (Å²) in [4.78, 5) is 2.75. The molecule has 2 nitrogen and oxygen atoms in total. The first-order chi connectivity index (χ1) is 16.8. The lowest BCUT2D eigenvalue weighted by molar-refractivity contribution is 0.192. The van der Waals surface area contributed by atoms with Gasteiger partial charge in [0.25, 0.3) is 0 Å². The molecule has 2 heteroatoms. The first-order valence-electron chi connectivity index (χ1n) is 16.2. The lowest BCUT2D eigenvalue weighted by Gasteiger charge is -2.29. The number of hydrogen-bond donors (Lipinski definition) is 1. The maximum Gasteiger partial charge on any atom is 0.00789 e. The minimum atomic E-state index is 0.658. The van der Waals surface area contributed by atoms with Crippen LogP contribution in [0.3, 0.4) is 0 Å². The Morgan fingerprint density at radius 3 is 0.971 bits per heavy atom. The quantitative estimate of drug-likeness (QED) is 0.108. The van der Waals surface area contributed by atoms with Crippen LogP contribution in [-0.4, -0.2) is 30.6 Å². The fraction of sp³-hybridized carbons (Fsp3) is 1.00. The minimum absolute atomic E-state index is 0.658. The Labute approximate surface area is 217 Å². The lowest BCUT2D eigenvalue weighted by Crippen LogP contribution is -2.36. The molecule has 0 fully saturated rings. The van der Waals surface area contributed by atoms with Crippen molar-refractivity contribution in [3.63, 3.8) is 0 Å². The molecule has 1 atom stereocenters. The van der Waals surface area contributed by atoms with E-state index in [4.69, 9.17) is 5.73 Å². The molecule has 0 aromatic rings. The van der Waals surface area contributed by atoms with Crippen LogP contribution in [0.15, 0.2) is 0 Å². The summed E-state index contributed by atoms with van der Waals surface area (Å²) in [5, 5.41) is 0. The van der Waals surface area contributed by atoms with E-state index in [1.165, 1.54) is 167 Å². The highest BCUT2D eigenvalue weighted by molar-refractivity contribution is 4.68. The van der Waals surface area contributed by atoms with Crippen LogP contribution in [0.1, 0.15) is 181 Å². The largest absolute Gasteiger partial charge is 0.330 e. The third-order valence-electron chi connectivity index (χ3n) is 7.81. The van der Waals surface area contributed by atoms with E-state index in [1.54, 1.807) is 0 Å². The Morgan fingerprint density at radius 2 is 0.706 bits per heavy atom. The molecule has 0 aliphatic carbocycles. The van der Waals surface area contributed by atoms with Crippen molar-refractivity contribution in [2.45, 2.75) is 187 Å². The molecule has 0 aliphatic rings. The predicted octanol–water partition coefficient (Wildman–Crippen LogP) is 10.4. The van der Waals surface area contributed by atoms with Gasteiger partial charge in [-0.3, -0.25) is 0 Å². The fourth-order valence-corrected chi connectivity index (χ4v) is 5.29. The molecule has 0 saturated carbocycles. The van der Waals surface area contributed by atoms with Gasteiger partial charge < -0.3 is 10.6 Å². The lowest BCUT2D eigenvalue weighted by atomic mass is 10.0. The summed E-state index contributed by atoms with van der Waals surface area (Å²) in [6.07, 6.45) is 35.6. The maximum absolute atomic E-state index is 5.88. The zero-order valence-corrected chi connectivity index (χ0v) is 24.4. The normalized spacial score (nSPS) is 12.6. The molecule has 0 aromatic heterocycles. The Balaban J connectivity index is 3.64. The first-order valence-corrected chi connectivity index (χ1v) is 16.2. The monoisotopic (exact) mass is 481 g/mol. The van der Waals surface area contributed by atoms with Crippen molar-refractivity contribution in [2.75, 3.05) is 19.6 Å². The Morgan fingerprint density at radius 1 is 0.441 bits per heavy atom. The Hall–Kier alpha value is -0.0800. The highest BCUT2D eigenvalue weighted by Crippen LogP contribution is 2.15. The summed E-state index contributed by atoms with van der Waals surface area (Å²) in [5.41, 5.74) is 5.88. The van der Waals surface area contributed by atoms with Gasteiger partial charge in [-0.25, -0.2) is 0 Å². The second kappa shape index (κ2) is 29.2. The molecule has 0 saturated heterocycles. The van der Waals surface area contributed by atoms with Crippen molar-refractivity contribution in [3.05, 3.63) is 0 Å². The molecule has 0 heterocycles. The highest BCUT2D eigenvalue weighted by atomic mass is 15.1. The number of hydrogen-bond acceptors (Lipinski definition) is 2. The molecule has 0 radical (unpaired) electrons. The van der Waals surface area contributed by atoms with Gasteiger partial charge in [0, 0.05) is 6.04 Å². The summed E-state index contributed by atoms with van der Waals surface area (Å²) in [5.74, 6) is 0. The number of nitrogens with two attached hydrogens (primary N) is 1. The van der Waals surface area contributed by atoms with Gasteiger partial charge in [0.1, 0.15) is 0 Å². The summed E-state index contributed by atoms with van der Waals surface area (Å²) < 4.78 is 0. The van der Waals surface area contributed by atoms with E-state index in [0.29, 0.717) is 6.04 Å². The van der Waals surface area contributed by atoms with Crippen LogP contribution in [0, 0.1) is 0 Å². The molecule has 0 amide bonds. The van der Waals surface area contributed by atoms with Gasteiger partial charge >= 0.3 is 0 Å². The van der Waals surface area contributed by atoms with Crippen LogP contribution in [0.4, 0.5) is 0 Å². The van der Waals surface area contributed by atoms with E-state index in [1.807, 2.05) is 0 Å². The topological polar surface area (TPSA) is 29.3 Å². The smallest absolute Gasteiger partial charge is 0.00789 e. The highest BCUT2D eigenvalue weighted by Gasteiger charge is 2.12. The molecule has 206 valence electrons. The van der Waals surface area contributed by atoms with Gasteiger partial charge in [-0.15, -0.1) is 0 Å². The molecule has 1 unspecified atom stereocenters. The SMILES string of the molecule is CCCCCCCCCCCCCCN(CCCCCCCCCCCCCC)C(C)CCN. The number of nitrogens with zero attached hydrogens (tertiary/aromatic N) is 1. The average molecular weight is 481 g/mol. The average Bonchev–Trinajstić information content (AvgIpc) is 2.84. The molecule has 0 aliphatic heterocycles. The molecule has 0 bridgehead atoms. The zero-order chi connectivity index (χ0) is 25.0. The van der Waals surface area contributed by atoms with Gasteiger partial charge in [0.15, 0.2) is 0 Å². The van der Waals surface area contributed by atoms with Gasteiger partial charge in [0.2, 0.25) is 0 Å². The summed E-state index contributed by atoms with van der Waals surface area (Å²) in [6, 6.07) is 0.658. The second-order valence-electron chi connectivity index (χ2n) is 11.2. The van der Waals surface area contributed by atoms with Crippen LogP contribution in [0.25, 0.3) is 0 Å². The van der Waals surface area contributed by atoms with Crippen molar-refractivity contribution in [1.82, 2.24) is 4.90 Å². The summed E-state index contributed by atoms with van der Waals surface area (Å²) >= 11 is 0. The Bertz CT molecular complexity index is 329. The van der Waals surface area contributed by atoms with Crippen LogP contribution in [0.2, 0.25) is 0 Å². The standard InChI is InChI=1S/C32H68N2/c1-4-6-8-10-12-14-16-18-20-22-24-26-30-34(32(3)28-29-33)31-27-25-23-21-19-17-15-13-11-9-7-5-2/h32H,4-31,33H2,1-3H3. The van der Waals surface area contributed by atoms with E-state index < -0.39 is 0 Å². The van der Waals surface area contributed by atoms with Gasteiger partial charge in [-0.05, 0) is 45.8 Å². The van der Waals surface area contributed by atoms with Crippen molar-refractivity contribution >= 4 is 0 Å². The van der Waals surface area contributed by atoms with E-state index in [-0.39, 0.29) is 0 Å².